The molecule has 3 rings (SSSR count). The first kappa shape index (κ1) is 14.0. The molecule has 2 atom stereocenters. The van der Waals surface area contributed by atoms with Gasteiger partial charge < -0.3 is 4.74 Å². The second-order valence-electron chi connectivity index (χ2n) is 5.37. The molecule has 2 aromatic carbocycles. The Balaban J connectivity index is 1.93. The Morgan fingerprint density at radius 3 is 2.65 bits per heavy atom. The Hall–Kier alpha value is -0.990. The summed E-state index contributed by atoms with van der Waals surface area (Å²) in [6.07, 6.45) is 1.23. The van der Waals surface area contributed by atoms with E-state index in [9.17, 15) is 0 Å². The number of benzene rings is 2. The van der Waals surface area contributed by atoms with Gasteiger partial charge in [-0.3, -0.25) is 0 Å². The molecule has 1 heterocycles. The summed E-state index contributed by atoms with van der Waals surface area (Å²) in [6.45, 7) is 4.17. The molecule has 0 fully saturated rings. The molecule has 1 nitrogen and oxygen atoms in total. The van der Waals surface area contributed by atoms with E-state index in [0.29, 0.717) is 0 Å². The summed E-state index contributed by atoms with van der Waals surface area (Å²) in [7, 11) is 0. The van der Waals surface area contributed by atoms with Crippen LogP contribution in [0.4, 0.5) is 0 Å². The van der Waals surface area contributed by atoms with Gasteiger partial charge in [-0.05, 0) is 48.2 Å². The topological polar surface area (TPSA) is 9.23 Å². The van der Waals surface area contributed by atoms with Crippen molar-refractivity contribution in [3.05, 3.63) is 63.1 Å². The van der Waals surface area contributed by atoms with Crippen molar-refractivity contribution in [2.45, 2.75) is 31.7 Å². The Bertz CT molecular complexity index is 653. The van der Waals surface area contributed by atoms with E-state index in [1.807, 2.05) is 6.07 Å². The zero-order valence-corrected chi connectivity index (χ0v) is 13.8. The van der Waals surface area contributed by atoms with E-state index in [1.165, 1.54) is 11.1 Å². The van der Waals surface area contributed by atoms with Gasteiger partial charge >= 0.3 is 0 Å². The number of aryl methyl sites for hydroxylation is 1. The van der Waals surface area contributed by atoms with Crippen LogP contribution in [-0.4, -0.2) is 6.10 Å². The number of ether oxygens (including phenoxy) is 1. The first-order valence-corrected chi connectivity index (χ1v) is 7.97. The average molecular weight is 352 g/mol. The molecule has 2 unspecified atom stereocenters. The number of alkyl halides is 1. The third kappa shape index (κ3) is 2.59. The van der Waals surface area contributed by atoms with Crippen LogP contribution in [0, 0.1) is 6.92 Å². The molecule has 0 spiro atoms. The van der Waals surface area contributed by atoms with Gasteiger partial charge in [-0.15, -0.1) is 11.6 Å². The fourth-order valence-electron chi connectivity index (χ4n) is 2.56. The zero-order chi connectivity index (χ0) is 14.3. The minimum atomic E-state index is -0.131. The van der Waals surface area contributed by atoms with Crippen LogP contribution in [0.1, 0.15) is 34.6 Å². The summed E-state index contributed by atoms with van der Waals surface area (Å²) in [4.78, 5) is 0. The summed E-state index contributed by atoms with van der Waals surface area (Å²) in [5.74, 6) is 0.996. The van der Waals surface area contributed by atoms with E-state index in [0.717, 1.165) is 27.8 Å². The van der Waals surface area contributed by atoms with Crippen molar-refractivity contribution in [3.8, 4) is 5.75 Å². The van der Waals surface area contributed by atoms with Gasteiger partial charge in [-0.25, -0.2) is 0 Å². The number of halogens is 2. The van der Waals surface area contributed by atoms with Gasteiger partial charge in [0.1, 0.15) is 11.9 Å². The number of hydrogen-bond acceptors (Lipinski definition) is 1. The number of rotatable bonds is 2. The first-order valence-electron chi connectivity index (χ1n) is 6.74. The highest BCUT2D eigenvalue weighted by Gasteiger charge is 2.21. The highest BCUT2D eigenvalue weighted by molar-refractivity contribution is 9.10. The van der Waals surface area contributed by atoms with Crippen molar-refractivity contribution in [2.75, 3.05) is 0 Å². The van der Waals surface area contributed by atoms with Crippen molar-refractivity contribution < 1.29 is 4.74 Å². The van der Waals surface area contributed by atoms with Gasteiger partial charge in [0.25, 0.3) is 0 Å². The van der Waals surface area contributed by atoms with Crippen LogP contribution < -0.4 is 4.74 Å². The normalized spacial score (nSPS) is 18.5. The van der Waals surface area contributed by atoms with Crippen molar-refractivity contribution in [1.29, 1.82) is 0 Å². The van der Waals surface area contributed by atoms with Gasteiger partial charge in [0, 0.05) is 10.9 Å². The lowest BCUT2D eigenvalue weighted by Crippen LogP contribution is -2.05. The SMILES string of the molecule is Cc1ccc(C(Cl)c2ccc3c(c2)CC(C)O3)cc1Br. The van der Waals surface area contributed by atoms with Crippen LogP contribution in [0.5, 0.6) is 5.75 Å². The summed E-state index contributed by atoms with van der Waals surface area (Å²) in [6, 6.07) is 12.5. The second-order valence-corrected chi connectivity index (χ2v) is 6.66. The Morgan fingerprint density at radius 2 is 1.90 bits per heavy atom. The molecule has 104 valence electrons. The van der Waals surface area contributed by atoms with Crippen LogP contribution in [-0.2, 0) is 6.42 Å². The molecular formula is C17H16BrClO. The smallest absolute Gasteiger partial charge is 0.123 e. The monoisotopic (exact) mass is 350 g/mol. The molecular weight excluding hydrogens is 336 g/mol. The molecule has 0 bridgehead atoms. The van der Waals surface area contributed by atoms with Crippen molar-refractivity contribution in [3.63, 3.8) is 0 Å². The molecule has 1 aliphatic heterocycles. The highest BCUT2D eigenvalue weighted by atomic mass is 79.9. The summed E-state index contributed by atoms with van der Waals surface area (Å²) >= 11 is 10.2. The third-order valence-corrected chi connectivity index (χ3v) is 5.06. The van der Waals surface area contributed by atoms with E-state index in [4.69, 9.17) is 16.3 Å². The van der Waals surface area contributed by atoms with E-state index in [-0.39, 0.29) is 11.5 Å². The lowest BCUT2D eigenvalue weighted by molar-refractivity contribution is 0.254. The molecule has 0 aliphatic carbocycles. The molecule has 2 aromatic rings. The first-order chi connectivity index (χ1) is 9.54. The highest BCUT2D eigenvalue weighted by Crippen LogP contribution is 2.36. The molecule has 0 amide bonds. The van der Waals surface area contributed by atoms with Crippen LogP contribution in [0.3, 0.4) is 0 Å². The van der Waals surface area contributed by atoms with Crippen LogP contribution >= 0.6 is 27.5 Å². The van der Waals surface area contributed by atoms with Crippen LogP contribution in [0.25, 0.3) is 0 Å². The lowest BCUT2D eigenvalue weighted by Gasteiger charge is -2.13. The minimum absolute atomic E-state index is 0.131. The third-order valence-electron chi connectivity index (χ3n) is 3.70. The number of fused-ring (bicyclic) bond motifs is 1. The average Bonchev–Trinajstić information content (AvgIpc) is 2.80. The molecule has 1 aliphatic rings. The van der Waals surface area contributed by atoms with Gasteiger partial charge in [0.2, 0.25) is 0 Å². The van der Waals surface area contributed by atoms with Gasteiger partial charge in [-0.2, -0.15) is 0 Å². The van der Waals surface area contributed by atoms with E-state index < -0.39 is 0 Å². The fraction of sp³-hybridized carbons (Fsp3) is 0.294. The fourth-order valence-corrected chi connectivity index (χ4v) is 3.23. The summed E-state index contributed by atoms with van der Waals surface area (Å²) < 4.78 is 6.83. The van der Waals surface area contributed by atoms with Crippen LogP contribution in [0.2, 0.25) is 0 Å². The van der Waals surface area contributed by atoms with Gasteiger partial charge in [0.15, 0.2) is 0 Å². The standard InChI is InChI=1S/C17H16BrClO/c1-10-3-4-13(9-15(10)18)17(19)12-5-6-16-14(8-12)7-11(2)20-16/h3-6,8-9,11,17H,7H2,1-2H3. The largest absolute Gasteiger partial charge is 0.490 e. The molecule has 0 saturated carbocycles. The Kier molecular flexibility index (Phi) is 3.78. The van der Waals surface area contributed by atoms with Gasteiger partial charge in [-0.1, -0.05) is 40.2 Å². The van der Waals surface area contributed by atoms with E-state index >= 15 is 0 Å². The van der Waals surface area contributed by atoms with E-state index in [2.05, 4.69) is 60.1 Å². The predicted octanol–water partition coefficient (Wildman–Crippen LogP) is 5.41. The molecule has 0 saturated heterocycles. The molecule has 3 heteroatoms. The van der Waals surface area contributed by atoms with Crippen LogP contribution in [0.15, 0.2) is 40.9 Å². The summed E-state index contributed by atoms with van der Waals surface area (Å²) in [5, 5.41) is -0.131. The van der Waals surface area contributed by atoms with Crippen molar-refractivity contribution in [2.24, 2.45) is 0 Å². The lowest BCUT2D eigenvalue weighted by atomic mass is 10.00. The quantitative estimate of drug-likeness (QED) is 0.657. The Morgan fingerprint density at radius 1 is 1.20 bits per heavy atom. The number of hydrogen-bond donors (Lipinski definition) is 0. The second kappa shape index (κ2) is 5.42. The molecule has 0 radical (unpaired) electrons. The minimum Gasteiger partial charge on any atom is -0.490 e. The summed E-state index contributed by atoms with van der Waals surface area (Å²) in [5.41, 5.74) is 4.70. The molecule has 0 aromatic heterocycles. The molecule has 0 N–H and O–H groups in total. The Labute approximate surface area is 133 Å². The van der Waals surface area contributed by atoms with Crippen molar-refractivity contribution in [1.82, 2.24) is 0 Å². The van der Waals surface area contributed by atoms with Gasteiger partial charge in [0.05, 0.1) is 5.38 Å². The maximum atomic E-state index is 6.63. The van der Waals surface area contributed by atoms with Crippen molar-refractivity contribution >= 4 is 27.5 Å². The maximum Gasteiger partial charge on any atom is 0.123 e. The zero-order valence-electron chi connectivity index (χ0n) is 11.5. The maximum absolute atomic E-state index is 6.63. The van der Waals surface area contributed by atoms with E-state index in [1.54, 1.807) is 0 Å². The predicted molar refractivity (Wildman–Crippen MR) is 86.8 cm³/mol. The molecule has 20 heavy (non-hydrogen) atoms.